The van der Waals surface area contributed by atoms with Gasteiger partial charge in [0.2, 0.25) is 5.91 Å². The van der Waals surface area contributed by atoms with Gasteiger partial charge >= 0.3 is 5.97 Å². The number of carbonyl (C=O) groups is 2. The van der Waals surface area contributed by atoms with Crippen LogP contribution in [0.3, 0.4) is 0 Å². The molecule has 0 unspecified atom stereocenters. The lowest BCUT2D eigenvalue weighted by molar-refractivity contribution is -0.134. The van der Waals surface area contributed by atoms with Crippen LogP contribution in [0.15, 0.2) is 6.33 Å². The van der Waals surface area contributed by atoms with E-state index in [9.17, 15) is 9.59 Å². The Kier molecular flexibility index (Phi) is 4.99. The van der Waals surface area contributed by atoms with Crippen LogP contribution >= 0.6 is 11.3 Å². The van der Waals surface area contributed by atoms with Gasteiger partial charge in [0.05, 0.1) is 12.5 Å². The van der Waals surface area contributed by atoms with Crippen LogP contribution in [0.1, 0.15) is 41.9 Å². The van der Waals surface area contributed by atoms with E-state index in [1.165, 1.54) is 18.4 Å². The van der Waals surface area contributed by atoms with E-state index in [2.05, 4.69) is 20.2 Å². The van der Waals surface area contributed by atoms with Crippen molar-refractivity contribution in [2.45, 2.75) is 39.7 Å². The quantitative estimate of drug-likeness (QED) is 0.792. The maximum Gasteiger partial charge on any atom is 0.348 e. The molecule has 2 aromatic rings. The summed E-state index contributed by atoms with van der Waals surface area (Å²) in [5.41, 5.74) is 0.868. The Morgan fingerprint density at radius 2 is 2.14 bits per heavy atom. The Hall–Kier alpha value is -2.22. The number of thiophene rings is 1. The summed E-state index contributed by atoms with van der Waals surface area (Å²) in [6.07, 6.45) is 3.61. The van der Waals surface area contributed by atoms with Gasteiger partial charge in [-0.15, -0.1) is 11.3 Å². The van der Waals surface area contributed by atoms with Crippen LogP contribution < -0.4 is 10.2 Å². The molecular weight excluding hydrogens is 376 g/mol. The van der Waals surface area contributed by atoms with E-state index in [4.69, 9.17) is 4.74 Å². The molecule has 1 aliphatic heterocycles. The zero-order valence-corrected chi connectivity index (χ0v) is 17.5. The van der Waals surface area contributed by atoms with E-state index in [0.29, 0.717) is 16.7 Å². The number of esters is 1. The molecular formula is C20H26N4O3S. The molecule has 0 aromatic carbocycles. The van der Waals surface area contributed by atoms with Crippen molar-refractivity contribution in [1.82, 2.24) is 15.3 Å². The number of nitrogens with zero attached hydrogens (tertiary/aromatic N) is 3. The number of aromatic nitrogens is 2. The van der Waals surface area contributed by atoms with Crippen molar-refractivity contribution in [1.29, 1.82) is 0 Å². The molecule has 3 heterocycles. The number of anilines is 1. The van der Waals surface area contributed by atoms with E-state index >= 15 is 0 Å². The molecule has 0 bridgehead atoms. The Morgan fingerprint density at radius 1 is 1.36 bits per heavy atom. The first-order chi connectivity index (χ1) is 13.4. The molecule has 1 N–H and O–H groups in total. The third kappa shape index (κ3) is 3.13. The highest BCUT2D eigenvalue weighted by molar-refractivity contribution is 7.20. The summed E-state index contributed by atoms with van der Waals surface area (Å²) >= 11 is 1.35. The fourth-order valence-corrected chi connectivity index (χ4v) is 5.61. The smallest absolute Gasteiger partial charge is 0.348 e. The van der Waals surface area contributed by atoms with Crippen molar-refractivity contribution < 1.29 is 14.3 Å². The number of amides is 1. The summed E-state index contributed by atoms with van der Waals surface area (Å²) < 4.78 is 4.91. The summed E-state index contributed by atoms with van der Waals surface area (Å²) in [5.74, 6) is 1.76. The second-order valence-electron chi connectivity index (χ2n) is 8.09. The van der Waals surface area contributed by atoms with E-state index < -0.39 is 0 Å². The van der Waals surface area contributed by atoms with Crippen molar-refractivity contribution in [2.24, 2.45) is 17.8 Å². The Bertz CT molecular complexity index is 926. The van der Waals surface area contributed by atoms with Gasteiger partial charge < -0.3 is 15.0 Å². The van der Waals surface area contributed by atoms with Crippen LogP contribution in [0.2, 0.25) is 0 Å². The Morgan fingerprint density at radius 3 is 2.86 bits per heavy atom. The minimum absolute atomic E-state index is 0.0849. The van der Waals surface area contributed by atoms with Crippen molar-refractivity contribution in [3.05, 3.63) is 16.8 Å². The number of aryl methyl sites for hydroxylation is 1. The third-order valence-electron chi connectivity index (χ3n) is 6.02. The lowest BCUT2D eigenvalue weighted by Crippen LogP contribution is -2.55. The van der Waals surface area contributed by atoms with Crippen molar-refractivity contribution >= 4 is 39.2 Å². The highest BCUT2D eigenvalue weighted by atomic mass is 32.1. The summed E-state index contributed by atoms with van der Waals surface area (Å²) in [6, 6.07) is 0.165. The number of hydrogen-bond donors (Lipinski definition) is 1. The standard InChI is InChI=1S/C20H26N4O3S/c1-10(2)23-18(25)13-7-12-5-6-24(8-14(12)13)17-15-11(3)16(20(26)27-4)28-19(15)22-9-21-17/h9-10,12-14H,5-8H2,1-4H3,(H,23,25)/t12-,13-,14-/m1/s1. The molecule has 150 valence electrons. The molecule has 1 aliphatic carbocycles. The van der Waals surface area contributed by atoms with E-state index in [-0.39, 0.29) is 23.8 Å². The average molecular weight is 403 g/mol. The Balaban J connectivity index is 1.61. The second kappa shape index (κ2) is 7.31. The van der Waals surface area contributed by atoms with Crippen molar-refractivity contribution in [3.8, 4) is 0 Å². The first-order valence-corrected chi connectivity index (χ1v) is 10.6. The van der Waals surface area contributed by atoms with E-state index in [1.807, 2.05) is 20.8 Å². The van der Waals surface area contributed by atoms with E-state index in [1.54, 1.807) is 6.33 Å². The maximum atomic E-state index is 12.5. The molecule has 2 aliphatic rings. The van der Waals surface area contributed by atoms with E-state index in [0.717, 1.165) is 47.5 Å². The molecule has 4 rings (SSSR count). The van der Waals surface area contributed by atoms with Crippen LogP contribution in [0.5, 0.6) is 0 Å². The number of carbonyl (C=O) groups excluding carboxylic acids is 2. The number of hydrogen-bond acceptors (Lipinski definition) is 7. The molecule has 7 nitrogen and oxygen atoms in total. The predicted molar refractivity (Wildman–Crippen MR) is 109 cm³/mol. The normalized spacial score (nSPS) is 24.0. The van der Waals surface area contributed by atoms with Crippen LogP contribution in [0, 0.1) is 24.7 Å². The van der Waals surface area contributed by atoms with Gasteiger partial charge in [-0.25, -0.2) is 14.8 Å². The molecule has 8 heteroatoms. The number of fused-ring (bicyclic) bond motifs is 2. The summed E-state index contributed by atoms with van der Waals surface area (Å²) in [7, 11) is 1.39. The number of ether oxygens (including phenoxy) is 1. The summed E-state index contributed by atoms with van der Waals surface area (Å²) in [4.78, 5) is 37.2. The van der Waals surface area contributed by atoms with Crippen LogP contribution in [-0.2, 0) is 9.53 Å². The fraction of sp³-hybridized carbons (Fsp3) is 0.600. The number of rotatable bonds is 4. The predicted octanol–water partition coefficient (Wildman–Crippen LogP) is 2.77. The lowest BCUT2D eigenvalue weighted by Gasteiger charge is -2.50. The van der Waals surface area contributed by atoms with Gasteiger partial charge in [-0.3, -0.25) is 4.79 Å². The SMILES string of the molecule is COC(=O)c1sc2ncnc(N3CC[C@@H]4C[C@@H](C(=O)NC(C)C)[C@@H]4C3)c2c1C. The molecule has 2 aromatic heterocycles. The maximum absolute atomic E-state index is 12.5. The van der Waals surface area contributed by atoms with Gasteiger partial charge in [0.25, 0.3) is 0 Å². The Labute approximate surface area is 168 Å². The van der Waals surface area contributed by atoms with Crippen LogP contribution in [0.25, 0.3) is 10.2 Å². The summed E-state index contributed by atoms with van der Waals surface area (Å²) in [5, 5.41) is 3.99. The number of piperidine rings is 1. The molecule has 1 amide bonds. The fourth-order valence-electron chi connectivity index (χ4n) is 4.55. The van der Waals surface area contributed by atoms with Crippen molar-refractivity contribution in [3.63, 3.8) is 0 Å². The van der Waals surface area contributed by atoms with Gasteiger partial charge in [0.1, 0.15) is 21.9 Å². The minimum Gasteiger partial charge on any atom is -0.465 e. The number of methoxy groups -OCH3 is 1. The molecule has 0 radical (unpaired) electrons. The largest absolute Gasteiger partial charge is 0.465 e. The molecule has 1 saturated heterocycles. The molecule has 1 saturated carbocycles. The lowest BCUT2D eigenvalue weighted by atomic mass is 9.61. The van der Waals surface area contributed by atoms with Gasteiger partial charge in [-0.1, -0.05) is 0 Å². The molecule has 2 fully saturated rings. The minimum atomic E-state index is -0.338. The van der Waals surface area contributed by atoms with Crippen LogP contribution in [0.4, 0.5) is 5.82 Å². The van der Waals surface area contributed by atoms with Gasteiger partial charge in [0, 0.05) is 25.0 Å². The highest BCUT2D eigenvalue weighted by Gasteiger charge is 2.48. The second-order valence-corrected chi connectivity index (χ2v) is 9.09. The zero-order chi connectivity index (χ0) is 20.0. The van der Waals surface area contributed by atoms with Gasteiger partial charge in [-0.05, 0) is 51.0 Å². The first kappa shape index (κ1) is 19.1. The third-order valence-corrected chi connectivity index (χ3v) is 7.20. The zero-order valence-electron chi connectivity index (χ0n) is 16.7. The average Bonchev–Trinajstić information content (AvgIpc) is 2.98. The van der Waals surface area contributed by atoms with Gasteiger partial charge in [0.15, 0.2) is 0 Å². The van der Waals surface area contributed by atoms with Crippen LogP contribution in [-0.4, -0.2) is 48.1 Å². The summed E-state index contributed by atoms with van der Waals surface area (Å²) in [6.45, 7) is 7.64. The first-order valence-electron chi connectivity index (χ1n) is 9.78. The molecule has 28 heavy (non-hydrogen) atoms. The topological polar surface area (TPSA) is 84.4 Å². The highest BCUT2D eigenvalue weighted by Crippen LogP contribution is 2.47. The van der Waals surface area contributed by atoms with Gasteiger partial charge in [-0.2, -0.15) is 0 Å². The monoisotopic (exact) mass is 402 g/mol. The molecule has 3 atom stereocenters. The van der Waals surface area contributed by atoms with Crippen molar-refractivity contribution in [2.75, 3.05) is 25.1 Å². The number of nitrogens with one attached hydrogen (secondary N) is 1. The molecule has 0 spiro atoms.